The molecule has 4 nitrogen and oxygen atoms in total. The summed E-state index contributed by atoms with van der Waals surface area (Å²) in [7, 11) is 0. The van der Waals surface area contributed by atoms with Crippen LogP contribution in [0, 0.1) is 6.92 Å². The van der Waals surface area contributed by atoms with E-state index in [4.69, 9.17) is 10.5 Å². The molecule has 1 aromatic carbocycles. The van der Waals surface area contributed by atoms with Crippen molar-refractivity contribution < 1.29 is 4.74 Å². The average Bonchev–Trinajstić information content (AvgIpc) is 2.55. The van der Waals surface area contributed by atoms with Gasteiger partial charge in [-0.2, -0.15) is 0 Å². The first-order valence-corrected chi connectivity index (χ1v) is 5.52. The van der Waals surface area contributed by atoms with Crippen molar-refractivity contribution >= 4 is 17.0 Å². The van der Waals surface area contributed by atoms with Gasteiger partial charge in [0.15, 0.2) is 0 Å². The summed E-state index contributed by atoms with van der Waals surface area (Å²) in [4.78, 5) is 4.34. The molecule has 0 amide bonds. The van der Waals surface area contributed by atoms with Crippen LogP contribution in [0.25, 0.3) is 11.0 Å². The first kappa shape index (κ1) is 11.0. The number of rotatable bonds is 4. The summed E-state index contributed by atoms with van der Waals surface area (Å²) < 4.78 is 7.32. The van der Waals surface area contributed by atoms with Crippen LogP contribution in [-0.2, 0) is 11.3 Å². The standard InChI is InChI=1S/C12H17N3O/c1-3-16-7-6-15-11-5-4-9(2)8-10(11)14-12(15)13/h4-5,8H,3,6-7H2,1-2H3,(H2,13,14). The third-order valence-electron chi connectivity index (χ3n) is 2.60. The molecule has 0 aliphatic rings. The molecule has 2 aromatic rings. The number of benzene rings is 1. The molecular formula is C12H17N3O. The number of nitrogens with two attached hydrogens (primary N) is 1. The Morgan fingerprint density at radius 2 is 2.25 bits per heavy atom. The van der Waals surface area contributed by atoms with E-state index in [1.165, 1.54) is 5.56 Å². The molecule has 0 saturated heterocycles. The molecule has 0 aliphatic carbocycles. The van der Waals surface area contributed by atoms with Crippen LogP contribution in [-0.4, -0.2) is 22.8 Å². The lowest BCUT2D eigenvalue weighted by Gasteiger charge is -2.06. The quantitative estimate of drug-likeness (QED) is 0.800. The molecule has 0 radical (unpaired) electrons. The summed E-state index contributed by atoms with van der Waals surface area (Å²) in [5, 5.41) is 0. The lowest BCUT2D eigenvalue weighted by Crippen LogP contribution is -2.08. The molecule has 86 valence electrons. The highest BCUT2D eigenvalue weighted by Crippen LogP contribution is 2.18. The molecule has 4 heteroatoms. The lowest BCUT2D eigenvalue weighted by atomic mass is 10.2. The van der Waals surface area contributed by atoms with Crippen LogP contribution >= 0.6 is 0 Å². The zero-order chi connectivity index (χ0) is 11.5. The summed E-state index contributed by atoms with van der Waals surface area (Å²) in [6.07, 6.45) is 0. The number of aryl methyl sites for hydroxylation is 1. The first-order valence-electron chi connectivity index (χ1n) is 5.52. The zero-order valence-corrected chi connectivity index (χ0v) is 9.73. The number of ether oxygens (including phenoxy) is 1. The molecule has 1 heterocycles. The van der Waals surface area contributed by atoms with Crippen LogP contribution in [0.5, 0.6) is 0 Å². The Hall–Kier alpha value is -1.55. The second-order valence-corrected chi connectivity index (χ2v) is 3.81. The minimum atomic E-state index is 0.556. The summed E-state index contributed by atoms with van der Waals surface area (Å²) in [6.45, 7) is 6.18. The van der Waals surface area contributed by atoms with Gasteiger partial charge in [0, 0.05) is 13.2 Å². The third kappa shape index (κ3) is 2.02. The Morgan fingerprint density at radius 3 is 3.00 bits per heavy atom. The Morgan fingerprint density at radius 1 is 1.44 bits per heavy atom. The van der Waals surface area contributed by atoms with Crippen molar-refractivity contribution in [3.05, 3.63) is 23.8 Å². The lowest BCUT2D eigenvalue weighted by molar-refractivity contribution is 0.140. The van der Waals surface area contributed by atoms with E-state index in [0.717, 1.165) is 24.2 Å². The molecule has 0 saturated carbocycles. The highest BCUT2D eigenvalue weighted by Gasteiger charge is 2.07. The molecule has 0 spiro atoms. The van der Waals surface area contributed by atoms with Crippen LogP contribution < -0.4 is 5.73 Å². The molecule has 0 fully saturated rings. The molecule has 2 rings (SSSR count). The fraction of sp³-hybridized carbons (Fsp3) is 0.417. The van der Waals surface area contributed by atoms with Crippen molar-refractivity contribution in [1.29, 1.82) is 0 Å². The largest absolute Gasteiger partial charge is 0.380 e. The second kappa shape index (κ2) is 4.53. The molecule has 0 unspecified atom stereocenters. The maximum absolute atomic E-state index is 5.88. The van der Waals surface area contributed by atoms with Gasteiger partial charge in [-0.15, -0.1) is 0 Å². The van der Waals surface area contributed by atoms with Gasteiger partial charge in [-0.05, 0) is 31.5 Å². The van der Waals surface area contributed by atoms with Gasteiger partial charge in [0.1, 0.15) is 0 Å². The van der Waals surface area contributed by atoms with Gasteiger partial charge in [-0.1, -0.05) is 6.07 Å². The van der Waals surface area contributed by atoms with Gasteiger partial charge < -0.3 is 15.0 Å². The van der Waals surface area contributed by atoms with E-state index in [2.05, 4.69) is 24.0 Å². The van der Waals surface area contributed by atoms with E-state index in [1.807, 2.05) is 17.6 Å². The predicted molar refractivity (Wildman–Crippen MR) is 65.4 cm³/mol. The van der Waals surface area contributed by atoms with Crippen LogP contribution in [0.2, 0.25) is 0 Å². The van der Waals surface area contributed by atoms with Gasteiger partial charge in [-0.3, -0.25) is 0 Å². The number of fused-ring (bicyclic) bond motifs is 1. The maximum atomic E-state index is 5.88. The highest BCUT2D eigenvalue weighted by molar-refractivity contribution is 5.79. The minimum Gasteiger partial charge on any atom is -0.380 e. The number of nitrogens with zero attached hydrogens (tertiary/aromatic N) is 2. The van der Waals surface area contributed by atoms with E-state index < -0.39 is 0 Å². The molecule has 16 heavy (non-hydrogen) atoms. The van der Waals surface area contributed by atoms with Gasteiger partial charge in [0.25, 0.3) is 0 Å². The highest BCUT2D eigenvalue weighted by atomic mass is 16.5. The number of anilines is 1. The summed E-state index contributed by atoms with van der Waals surface area (Å²) >= 11 is 0. The van der Waals surface area contributed by atoms with Crippen LogP contribution in [0.1, 0.15) is 12.5 Å². The Bertz CT molecular complexity index is 490. The number of nitrogen functional groups attached to an aromatic ring is 1. The summed E-state index contributed by atoms with van der Waals surface area (Å²) in [5.41, 5.74) is 9.10. The normalized spacial score (nSPS) is 11.1. The van der Waals surface area contributed by atoms with Crippen molar-refractivity contribution in [3.8, 4) is 0 Å². The van der Waals surface area contributed by atoms with Gasteiger partial charge in [-0.25, -0.2) is 4.98 Å². The van der Waals surface area contributed by atoms with Crippen molar-refractivity contribution in [2.45, 2.75) is 20.4 Å². The fourth-order valence-electron chi connectivity index (χ4n) is 1.79. The van der Waals surface area contributed by atoms with E-state index in [9.17, 15) is 0 Å². The van der Waals surface area contributed by atoms with Crippen LogP contribution in [0.3, 0.4) is 0 Å². The Kier molecular flexibility index (Phi) is 3.10. The molecule has 0 bridgehead atoms. The Labute approximate surface area is 95.0 Å². The predicted octanol–water partition coefficient (Wildman–Crippen LogP) is 1.96. The summed E-state index contributed by atoms with van der Waals surface area (Å²) in [6, 6.07) is 6.17. The Balaban J connectivity index is 2.32. The first-order chi connectivity index (χ1) is 7.72. The zero-order valence-electron chi connectivity index (χ0n) is 9.73. The van der Waals surface area contributed by atoms with Crippen molar-refractivity contribution in [1.82, 2.24) is 9.55 Å². The van der Waals surface area contributed by atoms with Crippen molar-refractivity contribution in [3.63, 3.8) is 0 Å². The number of hydrogen-bond acceptors (Lipinski definition) is 3. The number of hydrogen-bond donors (Lipinski definition) is 1. The van der Waals surface area contributed by atoms with E-state index in [0.29, 0.717) is 12.6 Å². The minimum absolute atomic E-state index is 0.556. The molecule has 0 atom stereocenters. The monoisotopic (exact) mass is 219 g/mol. The van der Waals surface area contributed by atoms with E-state index in [-0.39, 0.29) is 0 Å². The number of aromatic nitrogens is 2. The van der Waals surface area contributed by atoms with Crippen molar-refractivity contribution in [2.24, 2.45) is 0 Å². The van der Waals surface area contributed by atoms with Gasteiger partial charge in [0.05, 0.1) is 17.6 Å². The van der Waals surface area contributed by atoms with E-state index >= 15 is 0 Å². The third-order valence-corrected chi connectivity index (χ3v) is 2.60. The average molecular weight is 219 g/mol. The molecule has 0 aliphatic heterocycles. The van der Waals surface area contributed by atoms with Crippen molar-refractivity contribution in [2.75, 3.05) is 18.9 Å². The van der Waals surface area contributed by atoms with Gasteiger partial charge in [0.2, 0.25) is 5.95 Å². The molecular weight excluding hydrogens is 202 g/mol. The second-order valence-electron chi connectivity index (χ2n) is 3.81. The molecule has 2 N–H and O–H groups in total. The maximum Gasteiger partial charge on any atom is 0.201 e. The number of imidazole rings is 1. The van der Waals surface area contributed by atoms with Crippen LogP contribution in [0.15, 0.2) is 18.2 Å². The topological polar surface area (TPSA) is 53.1 Å². The fourth-order valence-corrected chi connectivity index (χ4v) is 1.79. The van der Waals surface area contributed by atoms with Crippen LogP contribution in [0.4, 0.5) is 5.95 Å². The molecule has 1 aromatic heterocycles. The van der Waals surface area contributed by atoms with Gasteiger partial charge >= 0.3 is 0 Å². The SMILES string of the molecule is CCOCCn1c(N)nc2cc(C)ccc21. The summed E-state index contributed by atoms with van der Waals surface area (Å²) in [5.74, 6) is 0.556. The van der Waals surface area contributed by atoms with E-state index in [1.54, 1.807) is 0 Å². The smallest absolute Gasteiger partial charge is 0.201 e.